The highest BCUT2D eigenvalue weighted by atomic mass is 35.5. The lowest BCUT2D eigenvalue weighted by Crippen LogP contribution is -2.20. The van der Waals surface area contributed by atoms with Crippen molar-refractivity contribution in [1.82, 2.24) is 19.5 Å². The third kappa shape index (κ3) is 5.44. The Hall–Kier alpha value is -3.91. The Labute approximate surface area is 208 Å². The van der Waals surface area contributed by atoms with Crippen molar-refractivity contribution in [3.05, 3.63) is 76.6 Å². The number of nitrogens with zero attached hydrogens (tertiary/aromatic N) is 4. The SMILES string of the molecule is CCCCOc1cc(Cl)cc(-c2cc(-c3cnc(OC)nc3OC)cn(-c3cccnc3)c2=O)c1. The van der Waals surface area contributed by atoms with Gasteiger partial charge in [0.15, 0.2) is 0 Å². The first-order valence-corrected chi connectivity index (χ1v) is 11.5. The second-order valence-corrected chi connectivity index (χ2v) is 8.12. The average Bonchev–Trinajstić information content (AvgIpc) is 2.89. The molecule has 1 aromatic carbocycles. The molecular weight excluding hydrogens is 468 g/mol. The van der Waals surface area contributed by atoms with Gasteiger partial charge in [-0.15, -0.1) is 0 Å². The molecule has 4 rings (SSSR count). The van der Waals surface area contributed by atoms with Crippen LogP contribution in [-0.4, -0.2) is 40.3 Å². The molecule has 180 valence electrons. The lowest BCUT2D eigenvalue weighted by molar-refractivity contribution is 0.309. The topological polar surface area (TPSA) is 88.4 Å². The fourth-order valence-corrected chi connectivity index (χ4v) is 3.79. The molecule has 4 aromatic rings. The van der Waals surface area contributed by atoms with E-state index in [1.165, 1.54) is 18.8 Å². The highest BCUT2D eigenvalue weighted by Crippen LogP contribution is 2.33. The van der Waals surface area contributed by atoms with E-state index in [1.807, 2.05) is 6.07 Å². The summed E-state index contributed by atoms with van der Waals surface area (Å²) in [4.78, 5) is 26.3. The molecule has 0 bridgehead atoms. The van der Waals surface area contributed by atoms with E-state index >= 15 is 0 Å². The second kappa shape index (κ2) is 11.0. The number of halogens is 1. The Morgan fingerprint density at radius 1 is 1.03 bits per heavy atom. The summed E-state index contributed by atoms with van der Waals surface area (Å²) in [5, 5.41) is 0.470. The van der Waals surface area contributed by atoms with Crippen molar-refractivity contribution in [2.75, 3.05) is 20.8 Å². The van der Waals surface area contributed by atoms with E-state index < -0.39 is 0 Å². The van der Waals surface area contributed by atoms with Crippen molar-refractivity contribution < 1.29 is 14.2 Å². The molecule has 0 amide bonds. The first-order chi connectivity index (χ1) is 17.0. The van der Waals surface area contributed by atoms with Crippen LogP contribution in [-0.2, 0) is 0 Å². The zero-order valence-electron chi connectivity index (χ0n) is 19.7. The van der Waals surface area contributed by atoms with Crippen LogP contribution in [0.3, 0.4) is 0 Å². The van der Waals surface area contributed by atoms with Crippen molar-refractivity contribution in [3.8, 4) is 45.6 Å². The monoisotopic (exact) mass is 492 g/mol. The Balaban J connectivity index is 1.93. The van der Waals surface area contributed by atoms with Crippen LogP contribution in [0.4, 0.5) is 0 Å². The van der Waals surface area contributed by atoms with Gasteiger partial charge in [0.2, 0.25) is 5.88 Å². The summed E-state index contributed by atoms with van der Waals surface area (Å²) in [6.07, 6.45) is 8.50. The minimum absolute atomic E-state index is 0.176. The van der Waals surface area contributed by atoms with Gasteiger partial charge in [0.25, 0.3) is 5.56 Å². The van der Waals surface area contributed by atoms with Gasteiger partial charge < -0.3 is 14.2 Å². The summed E-state index contributed by atoms with van der Waals surface area (Å²) in [5.41, 5.74) is 2.67. The molecule has 0 atom stereocenters. The molecule has 0 aliphatic rings. The number of benzene rings is 1. The summed E-state index contributed by atoms with van der Waals surface area (Å²) in [6, 6.07) is 10.8. The highest BCUT2D eigenvalue weighted by molar-refractivity contribution is 6.31. The van der Waals surface area contributed by atoms with Crippen molar-refractivity contribution in [2.24, 2.45) is 0 Å². The number of pyridine rings is 2. The van der Waals surface area contributed by atoms with E-state index in [0.717, 1.165) is 12.8 Å². The van der Waals surface area contributed by atoms with Crippen LogP contribution in [0.25, 0.3) is 27.9 Å². The van der Waals surface area contributed by atoms with Gasteiger partial charge in [0.1, 0.15) is 5.75 Å². The van der Waals surface area contributed by atoms with Crippen molar-refractivity contribution in [3.63, 3.8) is 0 Å². The van der Waals surface area contributed by atoms with Crippen LogP contribution in [0.2, 0.25) is 5.02 Å². The first kappa shape index (κ1) is 24.2. The Morgan fingerprint density at radius 3 is 2.60 bits per heavy atom. The molecule has 3 aromatic heterocycles. The molecule has 0 fully saturated rings. The van der Waals surface area contributed by atoms with E-state index in [-0.39, 0.29) is 11.6 Å². The minimum Gasteiger partial charge on any atom is -0.494 e. The van der Waals surface area contributed by atoms with Crippen LogP contribution < -0.4 is 19.8 Å². The van der Waals surface area contributed by atoms with Gasteiger partial charge in [-0.3, -0.25) is 14.3 Å². The van der Waals surface area contributed by atoms with E-state index in [2.05, 4.69) is 21.9 Å². The quantitative estimate of drug-likeness (QED) is 0.296. The molecule has 0 N–H and O–H groups in total. The Morgan fingerprint density at radius 2 is 1.89 bits per heavy atom. The maximum Gasteiger partial charge on any atom is 0.319 e. The van der Waals surface area contributed by atoms with Crippen LogP contribution in [0, 0.1) is 0 Å². The van der Waals surface area contributed by atoms with E-state index in [9.17, 15) is 4.79 Å². The molecule has 0 spiro atoms. The fraction of sp³-hybridized carbons (Fsp3) is 0.231. The minimum atomic E-state index is -0.239. The molecule has 0 saturated carbocycles. The van der Waals surface area contributed by atoms with Crippen LogP contribution >= 0.6 is 11.6 Å². The standard InChI is InChI=1S/C26H25ClN4O4/c1-4-5-9-35-21-11-17(10-19(27)13-21)22-12-18(23-15-29-26(34-3)30-24(23)33-2)16-31(25(22)32)20-7-6-8-28-14-20/h6-8,10-16H,4-5,9H2,1-3H3. The van der Waals surface area contributed by atoms with Crippen molar-refractivity contribution in [2.45, 2.75) is 19.8 Å². The van der Waals surface area contributed by atoms with E-state index in [1.54, 1.807) is 55.1 Å². The molecule has 8 nitrogen and oxygen atoms in total. The van der Waals surface area contributed by atoms with Crippen LogP contribution in [0.5, 0.6) is 17.6 Å². The third-order valence-corrected chi connectivity index (χ3v) is 5.53. The number of aromatic nitrogens is 4. The van der Waals surface area contributed by atoms with E-state index in [0.29, 0.717) is 51.2 Å². The molecule has 0 unspecified atom stereocenters. The molecule has 0 aliphatic heterocycles. The lowest BCUT2D eigenvalue weighted by Gasteiger charge is -2.15. The summed E-state index contributed by atoms with van der Waals surface area (Å²) in [6.45, 7) is 2.66. The third-order valence-electron chi connectivity index (χ3n) is 5.31. The van der Waals surface area contributed by atoms with Crippen molar-refractivity contribution >= 4 is 11.6 Å². The second-order valence-electron chi connectivity index (χ2n) is 7.69. The predicted octanol–water partition coefficient (Wildman–Crippen LogP) is 5.21. The van der Waals surface area contributed by atoms with E-state index in [4.69, 9.17) is 25.8 Å². The summed E-state index contributed by atoms with van der Waals surface area (Å²) in [5.74, 6) is 0.915. The van der Waals surface area contributed by atoms with Crippen LogP contribution in [0.15, 0.2) is 66.0 Å². The average molecular weight is 493 g/mol. The van der Waals surface area contributed by atoms with Gasteiger partial charge in [-0.05, 0) is 48.4 Å². The maximum absolute atomic E-state index is 13.7. The molecule has 3 heterocycles. The summed E-state index contributed by atoms with van der Waals surface area (Å²) < 4.78 is 18.0. The van der Waals surface area contributed by atoms with Crippen LogP contribution in [0.1, 0.15) is 19.8 Å². The smallest absolute Gasteiger partial charge is 0.319 e. The molecule has 9 heteroatoms. The lowest BCUT2D eigenvalue weighted by atomic mass is 10.0. The first-order valence-electron chi connectivity index (χ1n) is 11.1. The van der Waals surface area contributed by atoms with Gasteiger partial charge in [0, 0.05) is 34.7 Å². The molecular formula is C26H25ClN4O4. The zero-order valence-corrected chi connectivity index (χ0v) is 20.5. The Kier molecular flexibility index (Phi) is 7.62. The number of hydrogen-bond acceptors (Lipinski definition) is 7. The summed E-state index contributed by atoms with van der Waals surface area (Å²) >= 11 is 6.41. The highest BCUT2D eigenvalue weighted by Gasteiger charge is 2.17. The molecule has 0 radical (unpaired) electrons. The van der Waals surface area contributed by atoms with Gasteiger partial charge >= 0.3 is 6.01 Å². The van der Waals surface area contributed by atoms with Gasteiger partial charge in [-0.25, -0.2) is 4.98 Å². The van der Waals surface area contributed by atoms with Gasteiger partial charge in [-0.1, -0.05) is 24.9 Å². The molecule has 35 heavy (non-hydrogen) atoms. The predicted molar refractivity (Wildman–Crippen MR) is 135 cm³/mol. The van der Waals surface area contributed by atoms with Gasteiger partial charge in [-0.2, -0.15) is 4.98 Å². The normalized spacial score (nSPS) is 10.7. The maximum atomic E-state index is 13.7. The summed E-state index contributed by atoms with van der Waals surface area (Å²) in [7, 11) is 2.99. The zero-order chi connectivity index (χ0) is 24.8. The number of ether oxygens (including phenoxy) is 3. The number of methoxy groups -OCH3 is 2. The van der Waals surface area contributed by atoms with Gasteiger partial charge in [0.05, 0.1) is 38.3 Å². The molecule has 0 saturated heterocycles. The Bertz CT molecular complexity index is 1380. The molecule has 0 aliphatic carbocycles. The number of rotatable bonds is 9. The largest absolute Gasteiger partial charge is 0.494 e. The van der Waals surface area contributed by atoms with Crippen molar-refractivity contribution in [1.29, 1.82) is 0 Å². The number of hydrogen-bond donors (Lipinski definition) is 0. The fourth-order valence-electron chi connectivity index (χ4n) is 3.56. The number of unbranched alkanes of at least 4 members (excludes halogenated alkanes) is 1.